The Bertz CT molecular complexity index is 206. The summed E-state index contributed by atoms with van der Waals surface area (Å²) in [6.07, 6.45) is 0.743. The van der Waals surface area contributed by atoms with Crippen LogP contribution in [0.15, 0.2) is 0 Å². The molecular weight excluding hydrogens is 216 g/mol. The Morgan fingerprint density at radius 3 is 2.33 bits per heavy atom. The minimum Gasteiger partial charge on any atom is -0.458 e. The Labute approximate surface area is 97.1 Å². The van der Waals surface area contributed by atoms with Gasteiger partial charge in [-0.2, -0.15) is 0 Å². The number of hydrogen-bond donors (Lipinski definition) is 0. The van der Waals surface area contributed by atoms with Crippen molar-refractivity contribution in [3.05, 3.63) is 0 Å². The van der Waals surface area contributed by atoms with E-state index < -0.39 is 11.0 Å². The SMILES string of the molecule is CCC(C)(OC(=O)C(C)Cl)C(C)COC. The molecule has 0 aliphatic heterocycles. The lowest BCUT2D eigenvalue weighted by Crippen LogP contribution is -2.41. The van der Waals surface area contributed by atoms with E-state index in [0.29, 0.717) is 6.61 Å². The molecule has 0 aromatic heterocycles. The van der Waals surface area contributed by atoms with Crippen molar-refractivity contribution < 1.29 is 14.3 Å². The highest BCUT2D eigenvalue weighted by atomic mass is 35.5. The molecule has 0 amide bonds. The fourth-order valence-electron chi connectivity index (χ4n) is 1.26. The molecule has 90 valence electrons. The van der Waals surface area contributed by atoms with Crippen molar-refractivity contribution in [2.24, 2.45) is 5.92 Å². The molecule has 0 bridgehead atoms. The van der Waals surface area contributed by atoms with E-state index in [-0.39, 0.29) is 11.9 Å². The first-order valence-electron chi connectivity index (χ1n) is 5.23. The Kier molecular flexibility index (Phi) is 6.22. The van der Waals surface area contributed by atoms with Gasteiger partial charge >= 0.3 is 5.97 Å². The molecule has 0 saturated heterocycles. The van der Waals surface area contributed by atoms with Gasteiger partial charge in [0, 0.05) is 13.0 Å². The van der Waals surface area contributed by atoms with Crippen molar-refractivity contribution in [1.82, 2.24) is 0 Å². The van der Waals surface area contributed by atoms with Crippen LogP contribution in [0.3, 0.4) is 0 Å². The van der Waals surface area contributed by atoms with E-state index in [2.05, 4.69) is 0 Å². The third-order valence-corrected chi connectivity index (χ3v) is 3.00. The lowest BCUT2D eigenvalue weighted by Gasteiger charge is -2.34. The van der Waals surface area contributed by atoms with Gasteiger partial charge in [-0.05, 0) is 20.3 Å². The molecule has 0 aromatic carbocycles. The summed E-state index contributed by atoms with van der Waals surface area (Å²) in [4.78, 5) is 11.4. The van der Waals surface area contributed by atoms with Crippen LogP contribution in [0.25, 0.3) is 0 Å². The van der Waals surface area contributed by atoms with Gasteiger partial charge in [0.05, 0.1) is 6.61 Å². The van der Waals surface area contributed by atoms with Gasteiger partial charge in [-0.25, -0.2) is 0 Å². The Morgan fingerprint density at radius 2 is 2.00 bits per heavy atom. The molecule has 0 saturated carbocycles. The van der Waals surface area contributed by atoms with Gasteiger partial charge in [-0.15, -0.1) is 11.6 Å². The maximum atomic E-state index is 11.4. The summed E-state index contributed by atoms with van der Waals surface area (Å²) in [5.74, 6) is -0.226. The van der Waals surface area contributed by atoms with Crippen molar-refractivity contribution in [3.63, 3.8) is 0 Å². The number of rotatable bonds is 6. The van der Waals surface area contributed by atoms with Crippen LogP contribution in [0, 0.1) is 5.92 Å². The highest BCUT2D eigenvalue weighted by Gasteiger charge is 2.34. The van der Waals surface area contributed by atoms with Gasteiger partial charge in [0.15, 0.2) is 0 Å². The Morgan fingerprint density at radius 1 is 1.47 bits per heavy atom. The maximum Gasteiger partial charge on any atom is 0.324 e. The van der Waals surface area contributed by atoms with Crippen LogP contribution in [0.5, 0.6) is 0 Å². The molecule has 0 radical (unpaired) electrons. The molecular formula is C11H21ClO3. The first kappa shape index (κ1) is 14.7. The minimum atomic E-state index is -0.606. The number of carbonyl (C=O) groups is 1. The monoisotopic (exact) mass is 236 g/mol. The summed E-state index contributed by atoms with van der Waals surface area (Å²) in [6.45, 7) is 8.07. The second kappa shape index (κ2) is 6.33. The zero-order chi connectivity index (χ0) is 12.1. The molecule has 3 nitrogen and oxygen atoms in total. The first-order chi connectivity index (χ1) is 6.87. The molecule has 3 unspecified atom stereocenters. The third kappa shape index (κ3) is 4.39. The second-order valence-corrected chi connectivity index (χ2v) is 4.71. The molecule has 4 heteroatoms. The quantitative estimate of drug-likeness (QED) is 0.525. The highest BCUT2D eigenvalue weighted by molar-refractivity contribution is 6.29. The minimum absolute atomic E-state index is 0.145. The molecule has 0 heterocycles. The van der Waals surface area contributed by atoms with Crippen molar-refractivity contribution in [3.8, 4) is 0 Å². The predicted octanol–water partition coefficient (Wildman–Crippen LogP) is 2.61. The average Bonchev–Trinajstić information content (AvgIpc) is 2.17. The Hall–Kier alpha value is -0.280. The van der Waals surface area contributed by atoms with Gasteiger partial charge in [0.1, 0.15) is 11.0 Å². The lowest BCUT2D eigenvalue weighted by molar-refractivity contribution is -0.165. The zero-order valence-electron chi connectivity index (χ0n) is 10.2. The average molecular weight is 237 g/mol. The summed E-state index contributed by atoms with van der Waals surface area (Å²) >= 11 is 5.67. The van der Waals surface area contributed by atoms with Gasteiger partial charge in [0.2, 0.25) is 0 Å². The summed E-state index contributed by atoms with van der Waals surface area (Å²) in [5, 5.41) is -0.606. The number of esters is 1. The van der Waals surface area contributed by atoms with Crippen LogP contribution < -0.4 is 0 Å². The van der Waals surface area contributed by atoms with Gasteiger partial charge in [0.25, 0.3) is 0 Å². The van der Waals surface area contributed by atoms with Crippen molar-refractivity contribution in [1.29, 1.82) is 0 Å². The van der Waals surface area contributed by atoms with Gasteiger partial charge in [-0.1, -0.05) is 13.8 Å². The predicted molar refractivity (Wildman–Crippen MR) is 61.1 cm³/mol. The van der Waals surface area contributed by atoms with Crippen LogP contribution >= 0.6 is 11.6 Å². The molecule has 0 aliphatic rings. The van der Waals surface area contributed by atoms with Gasteiger partial charge in [-0.3, -0.25) is 4.79 Å². The summed E-state index contributed by atoms with van der Waals surface area (Å²) < 4.78 is 10.5. The summed E-state index contributed by atoms with van der Waals surface area (Å²) in [7, 11) is 1.64. The van der Waals surface area contributed by atoms with Crippen molar-refractivity contribution in [2.45, 2.75) is 45.1 Å². The fraction of sp³-hybridized carbons (Fsp3) is 0.909. The normalized spacial score (nSPS) is 19.1. The van der Waals surface area contributed by atoms with E-state index in [0.717, 1.165) is 6.42 Å². The van der Waals surface area contributed by atoms with Crippen LogP contribution in [0.1, 0.15) is 34.1 Å². The van der Waals surface area contributed by atoms with Gasteiger partial charge < -0.3 is 9.47 Å². The van der Waals surface area contributed by atoms with E-state index in [9.17, 15) is 4.79 Å². The number of alkyl halides is 1. The number of methoxy groups -OCH3 is 1. The molecule has 0 spiro atoms. The number of halogens is 1. The topological polar surface area (TPSA) is 35.5 Å². The van der Waals surface area contributed by atoms with E-state index >= 15 is 0 Å². The number of ether oxygens (including phenoxy) is 2. The molecule has 3 atom stereocenters. The van der Waals surface area contributed by atoms with Crippen LogP contribution in [0.2, 0.25) is 0 Å². The zero-order valence-corrected chi connectivity index (χ0v) is 10.9. The van der Waals surface area contributed by atoms with Crippen molar-refractivity contribution >= 4 is 17.6 Å². The second-order valence-electron chi connectivity index (χ2n) is 4.06. The molecule has 0 rings (SSSR count). The number of hydrogen-bond acceptors (Lipinski definition) is 3. The molecule has 15 heavy (non-hydrogen) atoms. The first-order valence-corrected chi connectivity index (χ1v) is 5.66. The van der Waals surface area contributed by atoms with Crippen LogP contribution in [0.4, 0.5) is 0 Å². The molecule has 0 N–H and O–H groups in total. The Balaban J connectivity index is 4.49. The molecule has 0 aromatic rings. The summed E-state index contributed by atoms with van der Waals surface area (Å²) in [6, 6.07) is 0. The fourth-order valence-corrected chi connectivity index (χ4v) is 1.30. The van der Waals surface area contributed by atoms with E-state index in [1.54, 1.807) is 14.0 Å². The van der Waals surface area contributed by atoms with E-state index in [1.807, 2.05) is 20.8 Å². The highest BCUT2D eigenvalue weighted by Crippen LogP contribution is 2.26. The standard InChI is InChI=1S/C11H21ClO3/c1-6-11(4,8(2)7-14-5)15-10(13)9(3)12/h8-9H,6-7H2,1-5H3. The molecule has 0 fully saturated rings. The number of carbonyl (C=O) groups excluding carboxylic acids is 1. The summed E-state index contributed by atoms with van der Waals surface area (Å²) in [5.41, 5.74) is -0.504. The van der Waals surface area contributed by atoms with Crippen LogP contribution in [-0.2, 0) is 14.3 Å². The third-order valence-electron chi connectivity index (χ3n) is 2.82. The van der Waals surface area contributed by atoms with E-state index in [1.165, 1.54) is 0 Å². The lowest BCUT2D eigenvalue weighted by atomic mass is 9.88. The van der Waals surface area contributed by atoms with Crippen molar-refractivity contribution in [2.75, 3.05) is 13.7 Å². The largest absolute Gasteiger partial charge is 0.458 e. The smallest absolute Gasteiger partial charge is 0.324 e. The molecule has 0 aliphatic carbocycles. The maximum absolute atomic E-state index is 11.4. The van der Waals surface area contributed by atoms with Crippen LogP contribution in [-0.4, -0.2) is 30.7 Å². The van der Waals surface area contributed by atoms with E-state index in [4.69, 9.17) is 21.1 Å².